The summed E-state index contributed by atoms with van der Waals surface area (Å²) >= 11 is 10.2. The van der Waals surface area contributed by atoms with Gasteiger partial charge in [-0.15, -0.1) is 0 Å². The molecule has 3 atom stereocenters. The number of hydrogen-bond acceptors (Lipinski definition) is 13. The number of amides is 1. The van der Waals surface area contributed by atoms with E-state index in [-0.39, 0.29) is 57.8 Å². The van der Waals surface area contributed by atoms with Gasteiger partial charge in [0.15, 0.2) is 0 Å². The number of aromatic hydroxyl groups is 3. The van der Waals surface area contributed by atoms with E-state index in [2.05, 4.69) is 153 Å². The molecule has 1 amide bonds. The van der Waals surface area contributed by atoms with Gasteiger partial charge in [0.2, 0.25) is 5.91 Å². The summed E-state index contributed by atoms with van der Waals surface area (Å²) in [6, 6.07) is 18.5. The van der Waals surface area contributed by atoms with E-state index in [1.807, 2.05) is 104 Å². The van der Waals surface area contributed by atoms with Gasteiger partial charge in [0, 0.05) is 100 Å². The van der Waals surface area contributed by atoms with Crippen LogP contribution >= 0.6 is 47.8 Å². The highest BCUT2D eigenvalue weighted by Gasteiger charge is 2.37. The van der Waals surface area contributed by atoms with Crippen LogP contribution in [0.2, 0.25) is 0 Å². The number of rotatable bonds is 9. The van der Waals surface area contributed by atoms with E-state index in [1.54, 1.807) is 94.4 Å². The molecule has 1 aliphatic heterocycles. The number of fused-ring (bicyclic) bond motifs is 4. The van der Waals surface area contributed by atoms with E-state index >= 15 is 0 Å². The summed E-state index contributed by atoms with van der Waals surface area (Å²) < 4.78 is 26.8. The fourth-order valence-electron chi connectivity index (χ4n) is 9.99. The molecule has 1 saturated heterocycles. The molecule has 3 N–H and O–H groups in total. The molecule has 21 nitrogen and oxygen atoms in total. The van der Waals surface area contributed by atoms with Gasteiger partial charge in [-0.2, -0.15) is 35.7 Å². The van der Waals surface area contributed by atoms with Crippen molar-refractivity contribution >= 4 is 75.8 Å². The van der Waals surface area contributed by atoms with Crippen molar-refractivity contribution in [2.24, 2.45) is 5.92 Å². The van der Waals surface area contributed by atoms with Gasteiger partial charge >= 0.3 is 0 Å². The molecule has 88 heavy (non-hydrogen) atoms. The zero-order valence-electron chi connectivity index (χ0n) is 50.9. The zero-order chi connectivity index (χ0) is 63.1. The number of carbonyl (C=O) groups is 1. The normalized spacial score (nSPS) is 14.4. The lowest BCUT2D eigenvalue weighted by Gasteiger charge is -2.27. The predicted octanol–water partition coefficient (Wildman–Crippen LogP) is 14.0. The first-order valence-electron chi connectivity index (χ1n) is 28.4. The Morgan fingerprint density at radius 2 is 0.977 bits per heavy atom. The Morgan fingerprint density at radius 1 is 0.523 bits per heavy atom. The second-order valence-electron chi connectivity index (χ2n) is 24.6. The predicted molar refractivity (Wildman–Crippen MR) is 349 cm³/mol. The van der Waals surface area contributed by atoms with Crippen LogP contribution in [0.3, 0.4) is 0 Å². The largest absolute Gasteiger partial charge is 0.506 e. The van der Waals surface area contributed by atoms with Crippen LogP contribution < -0.4 is 9.47 Å². The molecule has 12 aromatic rings. The average molecular weight is 1390 g/mol. The SMILES string of the molecule is CC(C)(C)n1cc(-c2cc(O)c3c(Br)cnn3c2)cn1.CC(C)(C)n1cc(-c2cc(O)c3ccnn3c2)cn1.COc1ccc([C@@H](C)N2C[C@H]([C@@H](C)Oc3cc(-c4cnn(C(C)(C)C)c4)cn4ncc(Br)c34)CC2=O)cc1.Oc1cc(Br)cn2nccc12. The molecule has 12 heterocycles. The van der Waals surface area contributed by atoms with Crippen LogP contribution in [0, 0.1) is 5.92 Å². The lowest BCUT2D eigenvalue weighted by molar-refractivity contribution is -0.129. The Hall–Kier alpha value is -8.48. The Morgan fingerprint density at radius 3 is 1.48 bits per heavy atom. The number of halogens is 3. The number of pyridine rings is 4. The van der Waals surface area contributed by atoms with Gasteiger partial charge < -0.3 is 29.7 Å². The van der Waals surface area contributed by atoms with Crippen LogP contribution in [0.1, 0.15) is 94.2 Å². The summed E-state index contributed by atoms with van der Waals surface area (Å²) in [6.45, 7) is 23.7. The third-order valence-corrected chi connectivity index (χ3v) is 16.7. The molecule has 11 aromatic heterocycles. The number of carbonyl (C=O) groups excluding carboxylic acids is 1. The Kier molecular flexibility index (Phi) is 17.7. The minimum Gasteiger partial charge on any atom is -0.506 e. The van der Waals surface area contributed by atoms with Gasteiger partial charge in [0.1, 0.15) is 56.9 Å². The minimum atomic E-state index is -0.176. The summed E-state index contributed by atoms with van der Waals surface area (Å²) in [4.78, 5) is 15.0. The molecular formula is C64H70Br3N15O6. The first kappa shape index (κ1) is 62.6. The van der Waals surface area contributed by atoms with Crippen molar-refractivity contribution in [2.45, 2.75) is 111 Å². The van der Waals surface area contributed by atoms with Crippen LogP contribution in [0.25, 0.3) is 55.4 Å². The van der Waals surface area contributed by atoms with Crippen molar-refractivity contribution in [3.05, 3.63) is 166 Å². The fraction of sp³-hybridized carbons (Fsp3) is 0.312. The number of hydrogen-bond donors (Lipinski definition) is 3. The van der Waals surface area contributed by atoms with Crippen LogP contribution in [-0.4, -0.2) is 114 Å². The van der Waals surface area contributed by atoms with Crippen molar-refractivity contribution in [3.8, 4) is 62.1 Å². The number of methoxy groups -OCH3 is 1. The Labute approximate surface area is 534 Å². The second-order valence-corrected chi connectivity index (χ2v) is 27.2. The molecular weight excluding hydrogens is 1310 g/mol. The topological polar surface area (TPSA) is 222 Å². The second kappa shape index (κ2) is 25.0. The third-order valence-electron chi connectivity index (χ3n) is 15.1. The highest BCUT2D eigenvalue weighted by Crippen LogP contribution is 2.38. The molecule has 1 aliphatic rings. The Balaban J connectivity index is 0.000000143. The van der Waals surface area contributed by atoms with Crippen molar-refractivity contribution in [3.63, 3.8) is 0 Å². The molecule has 0 radical (unpaired) electrons. The van der Waals surface area contributed by atoms with E-state index in [0.29, 0.717) is 29.5 Å². The Bertz CT molecular complexity index is 4440. The summed E-state index contributed by atoms with van der Waals surface area (Å²) in [7, 11) is 1.65. The number of aromatic nitrogens is 14. The highest BCUT2D eigenvalue weighted by atomic mass is 79.9. The quantitative estimate of drug-likeness (QED) is 0.122. The summed E-state index contributed by atoms with van der Waals surface area (Å²) in [5.74, 6) is 2.38. The molecule has 0 bridgehead atoms. The summed E-state index contributed by atoms with van der Waals surface area (Å²) in [6.07, 6.45) is 26.0. The van der Waals surface area contributed by atoms with Crippen molar-refractivity contribution in [1.82, 2.24) is 72.7 Å². The standard InChI is InChI=1S/C29H34BrN5O3.C14H15BrN4O.C14H16N4O.C7H5BrN2O/c1-18(20-7-9-24(37-6)10-8-20)33-15-21(12-27(33)36)19(2)38-26-11-22(16-34-28(26)25(30)14-31-34)23-13-32-35(17-23)29(3,4)5;1-14(2,3)19-8-10(5-17-19)9-4-12(20)13-11(15)6-16-18(13)7-9;1-14(2,3)18-9-11(7-16-18)10-6-13(19)12-4-5-15-17(12)8-10;8-5-3-7(11)6-1-2-9-10(6)4-5/h7-11,13-14,16-19,21H,12,15H2,1-6H3;4-8,20H,1-3H3;4-9,19H,1-3H3;1-4,11H/t18-,19-,21-;;;/m1.../s1. The average Bonchev–Trinajstić information content (AvgIpc) is 1.85. The number of benzene rings is 1. The van der Waals surface area contributed by atoms with Crippen LogP contribution in [0.4, 0.5) is 0 Å². The maximum absolute atomic E-state index is 13.0. The minimum absolute atomic E-state index is 0.0241. The third kappa shape index (κ3) is 13.6. The molecule has 13 rings (SSSR count). The van der Waals surface area contributed by atoms with E-state index in [0.717, 1.165) is 69.4 Å². The van der Waals surface area contributed by atoms with Crippen molar-refractivity contribution < 1.29 is 29.6 Å². The molecule has 0 saturated carbocycles. The van der Waals surface area contributed by atoms with Gasteiger partial charge in [0.25, 0.3) is 0 Å². The van der Waals surface area contributed by atoms with E-state index in [1.165, 1.54) is 0 Å². The van der Waals surface area contributed by atoms with Gasteiger partial charge in [-0.25, -0.2) is 18.1 Å². The van der Waals surface area contributed by atoms with Crippen LogP contribution in [-0.2, 0) is 21.4 Å². The summed E-state index contributed by atoms with van der Waals surface area (Å²) in [5, 5.41) is 59.6. The molecule has 0 aliphatic carbocycles. The lowest BCUT2D eigenvalue weighted by Crippen LogP contribution is -2.31. The fourth-order valence-corrected chi connectivity index (χ4v) is 11.3. The monoisotopic (exact) mass is 1380 g/mol. The summed E-state index contributed by atoms with van der Waals surface area (Å²) in [5.41, 5.74) is 9.40. The molecule has 24 heteroatoms. The van der Waals surface area contributed by atoms with Gasteiger partial charge in [0.05, 0.1) is 82.1 Å². The van der Waals surface area contributed by atoms with Gasteiger partial charge in [-0.3, -0.25) is 18.8 Å². The molecule has 0 unspecified atom stereocenters. The van der Waals surface area contributed by atoms with Crippen LogP contribution in [0.5, 0.6) is 28.7 Å². The molecule has 0 spiro atoms. The van der Waals surface area contributed by atoms with Gasteiger partial charge in [-0.1, -0.05) is 12.1 Å². The molecule has 1 fully saturated rings. The smallest absolute Gasteiger partial charge is 0.223 e. The first-order valence-corrected chi connectivity index (χ1v) is 30.8. The number of nitrogens with zero attached hydrogens (tertiary/aromatic N) is 15. The maximum atomic E-state index is 13.0. The molecule has 1 aromatic carbocycles. The van der Waals surface area contributed by atoms with Gasteiger partial charge in [-0.05, 0) is 178 Å². The lowest BCUT2D eigenvalue weighted by atomic mass is 10.0. The van der Waals surface area contributed by atoms with Crippen molar-refractivity contribution in [2.75, 3.05) is 13.7 Å². The highest BCUT2D eigenvalue weighted by molar-refractivity contribution is 9.11. The van der Waals surface area contributed by atoms with Crippen LogP contribution in [0.15, 0.2) is 161 Å². The zero-order valence-corrected chi connectivity index (χ0v) is 55.7. The maximum Gasteiger partial charge on any atom is 0.223 e. The van der Waals surface area contributed by atoms with E-state index in [9.17, 15) is 20.1 Å². The van der Waals surface area contributed by atoms with E-state index < -0.39 is 0 Å². The number of likely N-dealkylation sites (tertiary alicyclic amines) is 1. The first-order chi connectivity index (χ1) is 41.6. The number of ether oxygens (including phenoxy) is 2. The molecule has 458 valence electrons. The van der Waals surface area contributed by atoms with Crippen molar-refractivity contribution in [1.29, 1.82) is 0 Å². The van der Waals surface area contributed by atoms with E-state index in [4.69, 9.17) is 9.47 Å².